The van der Waals surface area contributed by atoms with Gasteiger partial charge >= 0.3 is 0 Å². The summed E-state index contributed by atoms with van der Waals surface area (Å²) in [6.45, 7) is -0.181. The highest BCUT2D eigenvalue weighted by Gasteiger charge is 2.51. The molecule has 0 bridgehead atoms. The molecule has 3 aromatic rings. The maximum atomic E-state index is 13.4. The number of thioether (sulfide) groups is 1. The van der Waals surface area contributed by atoms with Crippen LogP contribution < -0.4 is 0 Å². The molecule has 174 valence electrons. The average Bonchev–Trinajstić information content (AvgIpc) is 3.12. The number of nitro groups is 1. The fraction of sp³-hybridized carbons (Fsp3) is 0.200. The second kappa shape index (κ2) is 10.6. The average molecular weight is 479 g/mol. The van der Waals surface area contributed by atoms with Gasteiger partial charge in [-0.3, -0.25) is 24.6 Å². The highest BCUT2D eigenvalue weighted by atomic mass is 32.2. The number of carbonyl (C=O) groups is 2. The summed E-state index contributed by atoms with van der Waals surface area (Å²) >= 11 is 0.965. The van der Waals surface area contributed by atoms with Crippen molar-refractivity contribution in [3.63, 3.8) is 0 Å². The second-order valence-electron chi connectivity index (χ2n) is 7.53. The molecule has 1 heterocycles. The van der Waals surface area contributed by atoms with Crippen LogP contribution in [0.5, 0.6) is 0 Å². The van der Waals surface area contributed by atoms with Crippen LogP contribution in [0, 0.1) is 10.1 Å². The maximum absolute atomic E-state index is 13.4. The number of nitrogens with zero attached hydrogens (tertiary/aromatic N) is 2. The lowest BCUT2D eigenvalue weighted by molar-refractivity contribution is -0.504. The molecule has 2 amide bonds. The molecule has 0 aliphatic carbocycles. The van der Waals surface area contributed by atoms with Crippen LogP contribution in [0.4, 0.5) is 0 Å². The van der Waals surface area contributed by atoms with Crippen LogP contribution in [0.15, 0.2) is 89.8 Å². The van der Waals surface area contributed by atoms with Crippen LogP contribution in [-0.4, -0.2) is 47.0 Å². The topological polar surface area (TPSA) is 99.0 Å². The first-order valence-corrected chi connectivity index (χ1v) is 11.4. The third-order valence-electron chi connectivity index (χ3n) is 5.43. The molecule has 1 aliphatic heterocycles. The predicted molar refractivity (Wildman–Crippen MR) is 126 cm³/mol. The van der Waals surface area contributed by atoms with Crippen molar-refractivity contribution < 1.29 is 24.0 Å². The number of methoxy groups -OCH3 is 1. The molecule has 0 radical (unpaired) electrons. The number of hydrogen-bond donors (Lipinski definition) is 0. The molecule has 0 N–H and O–H groups in total. The monoisotopic (exact) mass is 478 g/mol. The van der Waals surface area contributed by atoms with Crippen LogP contribution in [-0.2, 0) is 9.47 Å². The molecule has 0 saturated carbocycles. The lowest BCUT2D eigenvalue weighted by Crippen LogP contribution is -2.52. The number of carbonyl (C=O) groups excluding carboxylic acids is 2. The van der Waals surface area contributed by atoms with Gasteiger partial charge in [0.15, 0.2) is 0 Å². The highest BCUT2D eigenvalue weighted by Crippen LogP contribution is 2.39. The number of hydrogen-bond acceptors (Lipinski definition) is 7. The largest absolute Gasteiger partial charge is 0.359 e. The predicted octanol–water partition coefficient (Wildman–Crippen LogP) is 4.41. The summed E-state index contributed by atoms with van der Waals surface area (Å²) in [4.78, 5) is 40.4. The van der Waals surface area contributed by atoms with Crippen molar-refractivity contribution in [2.75, 3.05) is 13.9 Å². The van der Waals surface area contributed by atoms with Crippen molar-refractivity contribution in [2.45, 2.75) is 22.4 Å². The molecule has 0 fully saturated rings. The summed E-state index contributed by atoms with van der Waals surface area (Å²) < 4.78 is 11.0. The van der Waals surface area contributed by atoms with E-state index in [0.717, 1.165) is 16.7 Å². The standard InChI is InChI=1S/C25H22N2O6S/c1-32-16-33-22(17-10-4-2-5-11-17)21(25(27(30)31)34-18-12-6-3-7-13-18)26-23(28)19-14-8-9-15-20(19)24(26)29/h2-15,21-22,25H,16H2,1H3/t21-,22+,25?/m1/s1. The normalized spacial score (nSPS) is 15.6. The van der Waals surface area contributed by atoms with Crippen LogP contribution in [0.3, 0.4) is 0 Å². The summed E-state index contributed by atoms with van der Waals surface area (Å²) in [6.07, 6.45) is -1.00. The van der Waals surface area contributed by atoms with Gasteiger partial charge in [-0.25, -0.2) is 0 Å². The zero-order chi connectivity index (χ0) is 24.1. The zero-order valence-corrected chi connectivity index (χ0v) is 19.1. The molecular weight excluding hydrogens is 456 g/mol. The number of amides is 2. The van der Waals surface area contributed by atoms with Gasteiger partial charge in [0.05, 0.1) is 11.1 Å². The Hall–Kier alpha value is -3.53. The lowest BCUT2D eigenvalue weighted by Gasteiger charge is -2.34. The van der Waals surface area contributed by atoms with E-state index in [4.69, 9.17) is 9.47 Å². The first-order chi connectivity index (χ1) is 16.5. The number of rotatable bonds is 10. The molecule has 4 rings (SSSR count). The van der Waals surface area contributed by atoms with E-state index in [1.54, 1.807) is 84.9 Å². The zero-order valence-electron chi connectivity index (χ0n) is 18.3. The van der Waals surface area contributed by atoms with E-state index in [0.29, 0.717) is 10.5 Å². The third-order valence-corrected chi connectivity index (χ3v) is 6.66. The molecule has 1 unspecified atom stereocenters. The highest BCUT2D eigenvalue weighted by molar-refractivity contribution is 7.99. The summed E-state index contributed by atoms with van der Waals surface area (Å²) in [5.74, 6) is -1.18. The van der Waals surface area contributed by atoms with Gasteiger partial charge in [-0.2, -0.15) is 0 Å². The van der Waals surface area contributed by atoms with Gasteiger partial charge in [-0.1, -0.05) is 60.7 Å². The van der Waals surface area contributed by atoms with Crippen molar-refractivity contribution in [3.05, 3.63) is 112 Å². The third kappa shape index (κ3) is 4.72. The number of imide groups is 1. The van der Waals surface area contributed by atoms with Crippen molar-refractivity contribution in [1.82, 2.24) is 4.90 Å². The van der Waals surface area contributed by atoms with E-state index in [-0.39, 0.29) is 17.9 Å². The van der Waals surface area contributed by atoms with Crippen LogP contribution in [0.2, 0.25) is 0 Å². The molecule has 0 spiro atoms. The lowest BCUT2D eigenvalue weighted by atomic mass is 10.00. The maximum Gasteiger partial charge on any atom is 0.286 e. The molecule has 3 aromatic carbocycles. The number of benzene rings is 3. The van der Waals surface area contributed by atoms with Gasteiger partial charge in [0.1, 0.15) is 18.9 Å². The van der Waals surface area contributed by atoms with Crippen LogP contribution in [0.1, 0.15) is 32.4 Å². The second-order valence-corrected chi connectivity index (χ2v) is 8.72. The molecule has 0 saturated heterocycles. The molecule has 3 atom stereocenters. The fourth-order valence-electron chi connectivity index (χ4n) is 3.94. The first kappa shape index (κ1) is 23.6. The minimum Gasteiger partial charge on any atom is -0.359 e. The summed E-state index contributed by atoms with van der Waals surface area (Å²) in [5.41, 5.74) is 1.01. The van der Waals surface area contributed by atoms with Crippen molar-refractivity contribution in [3.8, 4) is 0 Å². The summed E-state index contributed by atoms with van der Waals surface area (Å²) in [6, 6.07) is 22.8. The number of ether oxygens (including phenoxy) is 2. The molecular formula is C25H22N2O6S. The van der Waals surface area contributed by atoms with Crippen molar-refractivity contribution in [2.24, 2.45) is 0 Å². The first-order valence-electron chi connectivity index (χ1n) is 10.5. The minimum absolute atomic E-state index is 0.181. The molecule has 0 aromatic heterocycles. The van der Waals surface area contributed by atoms with Crippen molar-refractivity contribution >= 4 is 23.6 Å². The van der Waals surface area contributed by atoms with Crippen molar-refractivity contribution in [1.29, 1.82) is 0 Å². The Morgan fingerprint density at radius 2 is 1.41 bits per heavy atom. The van der Waals surface area contributed by atoms with E-state index in [1.807, 2.05) is 0 Å². The van der Waals surface area contributed by atoms with Crippen LogP contribution in [0.25, 0.3) is 0 Å². The Balaban J connectivity index is 1.85. The van der Waals surface area contributed by atoms with Gasteiger partial charge in [-0.05, 0) is 41.6 Å². The molecule has 9 heteroatoms. The molecule has 8 nitrogen and oxygen atoms in total. The Labute approximate surface area is 200 Å². The van der Waals surface area contributed by atoms with E-state index in [9.17, 15) is 19.7 Å². The van der Waals surface area contributed by atoms with Gasteiger partial charge in [-0.15, -0.1) is 0 Å². The van der Waals surface area contributed by atoms with Crippen LogP contribution >= 0.6 is 11.8 Å². The van der Waals surface area contributed by atoms with E-state index >= 15 is 0 Å². The van der Waals surface area contributed by atoms with Gasteiger partial charge in [0.2, 0.25) is 0 Å². The van der Waals surface area contributed by atoms with E-state index in [2.05, 4.69) is 0 Å². The Morgan fingerprint density at radius 3 is 1.94 bits per heavy atom. The quantitative estimate of drug-likeness (QED) is 0.140. The summed E-state index contributed by atoms with van der Waals surface area (Å²) in [7, 11) is 1.43. The van der Waals surface area contributed by atoms with Gasteiger partial charge in [0, 0.05) is 16.9 Å². The van der Waals surface area contributed by atoms with E-state index < -0.39 is 34.3 Å². The SMILES string of the molecule is COCO[C@@H](c1ccccc1)[C@H](C(Sc1ccccc1)[N+](=O)[O-])N1C(=O)c2ccccc2C1=O. The summed E-state index contributed by atoms with van der Waals surface area (Å²) in [5, 5.41) is 11.0. The van der Waals surface area contributed by atoms with E-state index in [1.165, 1.54) is 7.11 Å². The molecule has 34 heavy (non-hydrogen) atoms. The minimum atomic E-state index is -1.41. The van der Waals surface area contributed by atoms with Gasteiger partial charge < -0.3 is 9.47 Å². The van der Waals surface area contributed by atoms with Gasteiger partial charge in [0.25, 0.3) is 17.2 Å². The Bertz CT molecular complexity index is 1140. The number of fused-ring (bicyclic) bond motifs is 1. The Morgan fingerprint density at radius 1 is 0.882 bits per heavy atom. The fourth-order valence-corrected chi connectivity index (χ4v) is 5.03. The molecule has 1 aliphatic rings. The smallest absolute Gasteiger partial charge is 0.286 e. The Kier molecular flexibility index (Phi) is 7.36.